The molecule has 0 atom stereocenters. The minimum Gasteiger partial charge on any atom is -0.478 e. The third-order valence-electron chi connectivity index (χ3n) is 4.11. The Kier molecular flexibility index (Phi) is 3.22. The van der Waals surface area contributed by atoms with Crippen LogP contribution in [0.3, 0.4) is 0 Å². The minimum absolute atomic E-state index is 0.145. The summed E-state index contributed by atoms with van der Waals surface area (Å²) in [6.45, 7) is 1.26. The Balaban J connectivity index is 2.33. The molecule has 0 bridgehead atoms. The van der Waals surface area contributed by atoms with E-state index >= 15 is 0 Å². The van der Waals surface area contributed by atoms with Crippen molar-refractivity contribution in [2.75, 3.05) is 13.2 Å². The number of hydrogen-bond donors (Lipinski definition) is 3. The second-order valence-corrected chi connectivity index (χ2v) is 5.87. The number of aromatic carboxylic acids is 1. The Labute approximate surface area is 121 Å². The summed E-state index contributed by atoms with van der Waals surface area (Å²) in [6, 6.07) is 4.97. The molecule has 1 fully saturated rings. The zero-order valence-electron chi connectivity index (χ0n) is 11.8. The van der Waals surface area contributed by atoms with Crippen molar-refractivity contribution in [3.8, 4) is 0 Å². The van der Waals surface area contributed by atoms with Crippen LogP contribution in [0.15, 0.2) is 18.2 Å². The third kappa shape index (κ3) is 2.11. The summed E-state index contributed by atoms with van der Waals surface area (Å²) in [5, 5.41) is 28.7. The molecule has 3 N–H and O–H groups in total. The molecule has 2 aromatic rings. The number of rotatable bonds is 5. The van der Waals surface area contributed by atoms with Gasteiger partial charge in [-0.05, 0) is 31.9 Å². The van der Waals surface area contributed by atoms with E-state index in [2.05, 4.69) is 4.98 Å². The summed E-state index contributed by atoms with van der Waals surface area (Å²) in [5.74, 6) is 0.00284. The highest BCUT2D eigenvalue weighted by molar-refractivity contribution is 6.01. The number of nitrogens with zero attached hydrogens (tertiary/aromatic N) is 2. The van der Waals surface area contributed by atoms with E-state index in [1.165, 1.54) is 6.07 Å². The van der Waals surface area contributed by atoms with Gasteiger partial charge in [-0.2, -0.15) is 0 Å². The van der Waals surface area contributed by atoms with E-state index in [9.17, 15) is 20.1 Å². The normalized spacial score (nSPS) is 15.6. The predicted octanol–water partition coefficient (Wildman–Crippen LogP) is 1.31. The Hall–Kier alpha value is -1.92. The molecule has 6 nitrogen and oxygen atoms in total. The standard InChI is InChI=1S/C15H18N2O4/c1-15(7-18,8-19)17-11-4-2-3-10(14(20)21)12(11)16-13(17)9-5-6-9/h2-4,9,18-19H,5-8H2,1H3,(H,20,21). The predicted molar refractivity (Wildman–Crippen MR) is 76.5 cm³/mol. The highest BCUT2D eigenvalue weighted by Crippen LogP contribution is 2.43. The van der Waals surface area contributed by atoms with Gasteiger partial charge in [0.1, 0.15) is 11.3 Å². The molecule has 1 saturated carbocycles. The Morgan fingerprint density at radius 3 is 2.57 bits per heavy atom. The van der Waals surface area contributed by atoms with Gasteiger partial charge < -0.3 is 19.9 Å². The molecule has 3 rings (SSSR count). The van der Waals surface area contributed by atoms with E-state index in [0.29, 0.717) is 11.0 Å². The number of aliphatic hydroxyl groups is 2. The summed E-state index contributed by atoms with van der Waals surface area (Å²) < 4.78 is 1.81. The summed E-state index contributed by atoms with van der Waals surface area (Å²) in [4.78, 5) is 15.9. The number of para-hydroxylation sites is 1. The molecule has 1 heterocycles. The lowest BCUT2D eigenvalue weighted by molar-refractivity contribution is 0.0699. The van der Waals surface area contributed by atoms with Crippen LogP contribution in [0.1, 0.15) is 41.9 Å². The summed E-state index contributed by atoms with van der Waals surface area (Å²) in [7, 11) is 0. The lowest BCUT2D eigenvalue weighted by Crippen LogP contribution is -2.39. The first-order valence-corrected chi connectivity index (χ1v) is 6.98. The van der Waals surface area contributed by atoms with Crippen molar-refractivity contribution in [3.63, 3.8) is 0 Å². The van der Waals surface area contributed by atoms with Crippen LogP contribution in [0, 0.1) is 0 Å². The molecule has 1 aromatic carbocycles. The topological polar surface area (TPSA) is 95.6 Å². The smallest absolute Gasteiger partial charge is 0.337 e. The first-order chi connectivity index (χ1) is 10.0. The van der Waals surface area contributed by atoms with Crippen molar-refractivity contribution in [2.45, 2.75) is 31.2 Å². The number of carboxylic acid groups (broad SMARTS) is 1. The van der Waals surface area contributed by atoms with Crippen LogP contribution >= 0.6 is 0 Å². The van der Waals surface area contributed by atoms with Crippen molar-refractivity contribution in [1.82, 2.24) is 9.55 Å². The first-order valence-electron chi connectivity index (χ1n) is 6.98. The molecule has 0 saturated heterocycles. The van der Waals surface area contributed by atoms with Gasteiger partial charge in [0.25, 0.3) is 0 Å². The maximum absolute atomic E-state index is 11.4. The van der Waals surface area contributed by atoms with Crippen molar-refractivity contribution >= 4 is 17.0 Å². The van der Waals surface area contributed by atoms with Gasteiger partial charge in [0.2, 0.25) is 0 Å². The van der Waals surface area contributed by atoms with Crippen LogP contribution in [-0.2, 0) is 5.54 Å². The SMILES string of the molecule is CC(CO)(CO)n1c(C2CC2)nc2c(C(=O)O)cccc21. The number of imidazole rings is 1. The van der Waals surface area contributed by atoms with Gasteiger partial charge in [-0.1, -0.05) is 6.07 Å². The number of fused-ring (bicyclic) bond motifs is 1. The van der Waals surface area contributed by atoms with Gasteiger partial charge in [-0.3, -0.25) is 0 Å². The third-order valence-corrected chi connectivity index (χ3v) is 4.11. The van der Waals surface area contributed by atoms with E-state index in [4.69, 9.17) is 0 Å². The number of benzene rings is 1. The van der Waals surface area contributed by atoms with E-state index < -0.39 is 11.5 Å². The Bertz CT molecular complexity index is 699. The van der Waals surface area contributed by atoms with E-state index in [0.717, 1.165) is 18.7 Å². The van der Waals surface area contributed by atoms with Crippen molar-refractivity contribution in [3.05, 3.63) is 29.6 Å². The second kappa shape index (κ2) is 4.82. The van der Waals surface area contributed by atoms with Gasteiger partial charge in [-0.25, -0.2) is 9.78 Å². The Morgan fingerprint density at radius 1 is 1.38 bits per heavy atom. The van der Waals surface area contributed by atoms with Crippen LogP contribution in [0.25, 0.3) is 11.0 Å². The van der Waals surface area contributed by atoms with Crippen LogP contribution in [0.2, 0.25) is 0 Å². The Morgan fingerprint density at radius 2 is 2.05 bits per heavy atom. The maximum Gasteiger partial charge on any atom is 0.337 e. The van der Waals surface area contributed by atoms with Crippen molar-refractivity contribution in [2.24, 2.45) is 0 Å². The second-order valence-electron chi connectivity index (χ2n) is 5.87. The maximum atomic E-state index is 11.4. The van der Waals surface area contributed by atoms with Crippen LogP contribution in [0.4, 0.5) is 0 Å². The molecular formula is C15H18N2O4. The van der Waals surface area contributed by atoms with Crippen LogP contribution in [0.5, 0.6) is 0 Å². The largest absolute Gasteiger partial charge is 0.478 e. The number of carbonyl (C=O) groups is 1. The fraction of sp³-hybridized carbons (Fsp3) is 0.467. The highest BCUT2D eigenvalue weighted by Gasteiger charge is 2.37. The fourth-order valence-electron chi connectivity index (χ4n) is 2.66. The van der Waals surface area contributed by atoms with E-state index in [1.54, 1.807) is 19.1 Å². The van der Waals surface area contributed by atoms with Gasteiger partial charge in [0.15, 0.2) is 0 Å². The monoisotopic (exact) mass is 290 g/mol. The molecule has 0 aliphatic heterocycles. The number of aliphatic hydroxyl groups excluding tert-OH is 2. The molecule has 112 valence electrons. The first kappa shape index (κ1) is 14.0. The molecular weight excluding hydrogens is 272 g/mol. The quantitative estimate of drug-likeness (QED) is 0.771. The van der Waals surface area contributed by atoms with Gasteiger partial charge in [0, 0.05) is 5.92 Å². The molecule has 0 spiro atoms. The molecule has 1 aliphatic carbocycles. The number of aromatic nitrogens is 2. The zero-order valence-corrected chi connectivity index (χ0v) is 11.8. The average Bonchev–Trinajstić information content (AvgIpc) is 3.25. The average molecular weight is 290 g/mol. The van der Waals surface area contributed by atoms with Gasteiger partial charge in [0.05, 0.1) is 29.8 Å². The van der Waals surface area contributed by atoms with Crippen molar-refractivity contribution in [1.29, 1.82) is 0 Å². The lowest BCUT2D eigenvalue weighted by atomic mass is 10.0. The fourth-order valence-corrected chi connectivity index (χ4v) is 2.66. The highest BCUT2D eigenvalue weighted by atomic mass is 16.4. The summed E-state index contributed by atoms with van der Waals surface area (Å²) in [6.07, 6.45) is 2.00. The van der Waals surface area contributed by atoms with E-state index in [-0.39, 0.29) is 24.7 Å². The molecule has 1 aromatic heterocycles. The van der Waals surface area contributed by atoms with Gasteiger partial charge in [-0.15, -0.1) is 0 Å². The van der Waals surface area contributed by atoms with Gasteiger partial charge >= 0.3 is 5.97 Å². The number of hydrogen-bond acceptors (Lipinski definition) is 4. The lowest BCUT2D eigenvalue weighted by Gasteiger charge is -2.29. The van der Waals surface area contributed by atoms with Crippen LogP contribution < -0.4 is 0 Å². The molecule has 6 heteroatoms. The van der Waals surface area contributed by atoms with Crippen LogP contribution in [-0.4, -0.2) is 44.1 Å². The van der Waals surface area contributed by atoms with E-state index in [1.807, 2.05) is 4.57 Å². The van der Waals surface area contributed by atoms with Crippen molar-refractivity contribution < 1.29 is 20.1 Å². The molecule has 0 amide bonds. The minimum atomic E-state index is -1.03. The number of carboxylic acids is 1. The molecule has 0 radical (unpaired) electrons. The summed E-state index contributed by atoms with van der Waals surface area (Å²) in [5.41, 5.74) is 0.304. The zero-order chi connectivity index (χ0) is 15.2. The molecule has 0 unspecified atom stereocenters. The molecule has 1 aliphatic rings. The molecule has 21 heavy (non-hydrogen) atoms. The summed E-state index contributed by atoms with van der Waals surface area (Å²) >= 11 is 0.